The van der Waals surface area contributed by atoms with Gasteiger partial charge >= 0.3 is 11.9 Å². The van der Waals surface area contributed by atoms with Crippen LogP contribution in [0, 0.1) is 5.92 Å². The molecule has 0 aromatic heterocycles. The molecule has 0 radical (unpaired) electrons. The minimum absolute atomic E-state index is 0.331. The van der Waals surface area contributed by atoms with E-state index in [4.69, 9.17) is 11.5 Å². The molecule has 1 saturated heterocycles. The molecule has 1 aliphatic carbocycles. The molecule has 1 aliphatic heterocycles. The van der Waals surface area contributed by atoms with Crippen LogP contribution in [-0.2, 0) is 19.7 Å². The van der Waals surface area contributed by atoms with Crippen LogP contribution in [0.4, 0.5) is 11.4 Å². The zero-order chi connectivity index (χ0) is 11.5. The van der Waals surface area contributed by atoms with Gasteiger partial charge in [-0.2, -0.15) is 0 Å². The van der Waals surface area contributed by atoms with E-state index in [1.807, 2.05) is 0 Å². The third-order valence-corrected chi connectivity index (χ3v) is 3.40. The Labute approximate surface area is 91.4 Å². The smallest absolute Gasteiger partial charge is 0.325 e. The second-order valence-corrected chi connectivity index (χ2v) is 4.28. The lowest BCUT2D eigenvalue weighted by Crippen LogP contribution is -2.19. The van der Waals surface area contributed by atoms with Crippen molar-refractivity contribution >= 4 is 23.3 Å². The Balaban J connectivity index is 2.09. The Morgan fingerprint density at radius 2 is 2.00 bits per heavy atom. The van der Waals surface area contributed by atoms with Crippen LogP contribution in [-0.4, -0.2) is 11.9 Å². The van der Waals surface area contributed by atoms with Crippen LogP contribution < -0.4 is 11.5 Å². The maximum absolute atomic E-state index is 11.6. The zero-order valence-electron chi connectivity index (χ0n) is 8.40. The van der Waals surface area contributed by atoms with Gasteiger partial charge in [0, 0.05) is 0 Å². The monoisotopic (exact) mass is 218 g/mol. The number of nitrogens with two attached hydrogens (primary N) is 2. The van der Waals surface area contributed by atoms with Gasteiger partial charge in [0.1, 0.15) is 5.41 Å². The molecule has 2 atom stereocenters. The molecule has 1 saturated carbocycles. The van der Waals surface area contributed by atoms with Crippen molar-refractivity contribution in [3.05, 3.63) is 23.8 Å². The molecule has 3 rings (SSSR count). The SMILES string of the molecule is Nc1ccc(C23CC2C(=O)OC3=O)cc1N. The summed E-state index contributed by atoms with van der Waals surface area (Å²) in [4.78, 5) is 22.9. The summed E-state index contributed by atoms with van der Waals surface area (Å²) in [5, 5.41) is 0. The minimum atomic E-state index is -0.779. The van der Waals surface area contributed by atoms with Crippen molar-refractivity contribution in [2.75, 3.05) is 11.5 Å². The average molecular weight is 218 g/mol. The number of carbonyl (C=O) groups excluding carboxylic acids is 2. The van der Waals surface area contributed by atoms with Crippen molar-refractivity contribution < 1.29 is 14.3 Å². The lowest BCUT2D eigenvalue weighted by molar-refractivity contribution is -0.155. The highest BCUT2D eigenvalue weighted by Crippen LogP contribution is 2.59. The van der Waals surface area contributed by atoms with Crippen molar-refractivity contribution in [1.82, 2.24) is 0 Å². The second-order valence-electron chi connectivity index (χ2n) is 4.28. The summed E-state index contributed by atoms with van der Waals surface area (Å²) in [5.74, 6) is -1.23. The summed E-state index contributed by atoms with van der Waals surface area (Å²) in [7, 11) is 0. The van der Waals surface area contributed by atoms with Gasteiger partial charge < -0.3 is 16.2 Å². The van der Waals surface area contributed by atoms with Crippen molar-refractivity contribution in [2.24, 2.45) is 5.92 Å². The van der Waals surface area contributed by atoms with Gasteiger partial charge in [-0.05, 0) is 24.1 Å². The number of fused-ring (bicyclic) bond motifs is 1. The Hall–Kier alpha value is -2.04. The van der Waals surface area contributed by atoms with Gasteiger partial charge in [-0.25, -0.2) is 0 Å². The van der Waals surface area contributed by atoms with E-state index < -0.39 is 17.4 Å². The van der Waals surface area contributed by atoms with E-state index in [1.165, 1.54) is 0 Å². The summed E-state index contributed by atoms with van der Waals surface area (Å²) in [6.07, 6.45) is 0.522. The third-order valence-electron chi connectivity index (χ3n) is 3.40. The van der Waals surface area contributed by atoms with E-state index >= 15 is 0 Å². The molecule has 2 aliphatic rings. The van der Waals surface area contributed by atoms with E-state index in [-0.39, 0.29) is 5.92 Å². The van der Waals surface area contributed by atoms with Crippen molar-refractivity contribution in [3.63, 3.8) is 0 Å². The second kappa shape index (κ2) is 2.55. The molecule has 1 aromatic carbocycles. The molecular formula is C11H10N2O3. The highest BCUT2D eigenvalue weighted by molar-refractivity contribution is 6.08. The molecule has 5 heteroatoms. The van der Waals surface area contributed by atoms with Gasteiger partial charge in [0.15, 0.2) is 0 Å². The number of ether oxygens (including phenoxy) is 1. The Kier molecular flexibility index (Phi) is 1.47. The van der Waals surface area contributed by atoms with Gasteiger partial charge in [0.05, 0.1) is 17.3 Å². The number of esters is 2. The first kappa shape index (κ1) is 9.21. The van der Waals surface area contributed by atoms with Crippen molar-refractivity contribution in [2.45, 2.75) is 11.8 Å². The highest BCUT2D eigenvalue weighted by atomic mass is 16.6. The molecule has 0 bridgehead atoms. The van der Waals surface area contributed by atoms with E-state index in [1.54, 1.807) is 18.2 Å². The van der Waals surface area contributed by atoms with Crippen molar-refractivity contribution in [3.8, 4) is 0 Å². The number of cyclic esters (lactones) is 2. The quantitative estimate of drug-likeness (QED) is 0.398. The predicted octanol–water partition coefficient (Wildman–Crippen LogP) is 0.192. The highest BCUT2D eigenvalue weighted by Gasteiger charge is 2.72. The number of hydrogen-bond acceptors (Lipinski definition) is 5. The molecule has 1 heterocycles. The van der Waals surface area contributed by atoms with Crippen LogP contribution >= 0.6 is 0 Å². The van der Waals surface area contributed by atoms with Crippen molar-refractivity contribution in [1.29, 1.82) is 0 Å². The molecule has 0 spiro atoms. The molecule has 16 heavy (non-hydrogen) atoms. The number of carbonyl (C=O) groups is 2. The summed E-state index contributed by atoms with van der Waals surface area (Å²) in [5.41, 5.74) is 12.1. The van der Waals surface area contributed by atoms with Crippen LogP contribution in [0.25, 0.3) is 0 Å². The van der Waals surface area contributed by atoms with E-state index in [0.717, 1.165) is 5.56 Å². The van der Waals surface area contributed by atoms with Crippen LogP contribution in [0.3, 0.4) is 0 Å². The van der Waals surface area contributed by atoms with Gasteiger partial charge in [-0.3, -0.25) is 9.59 Å². The fourth-order valence-electron chi connectivity index (χ4n) is 2.32. The maximum atomic E-state index is 11.6. The van der Waals surface area contributed by atoms with Gasteiger partial charge in [-0.15, -0.1) is 0 Å². The van der Waals surface area contributed by atoms with E-state index in [9.17, 15) is 9.59 Å². The molecule has 4 N–H and O–H groups in total. The first-order chi connectivity index (χ1) is 7.55. The topological polar surface area (TPSA) is 95.4 Å². The van der Waals surface area contributed by atoms with Gasteiger partial charge in [-0.1, -0.05) is 6.07 Å². The number of nitrogen functional groups attached to an aromatic ring is 2. The lowest BCUT2D eigenvalue weighted by Gasteiger charge is -2.10. The Morgan fingerprint density at radius 1 is 1.25 bits per heavy atom. The average Bonchev–Trinajstić information content (AvgIpc) is 2.93. The number of rotatable bonds is 1. The first-order valence-corrected chi connectivity index (χ1v) is 4.97. The van der Waals surface area contributed by atoms with Gasteiger partial charge in [0.2, 0.25) is 0 Å². The standard InChI is InChI=1S/C11H10N2O3/c12-7-2-1-5(3-8(7)13)11-4-6(11)9(14)16-10(11)15/h1-3,6H,4,12-13H2. The molecule has 2 unspecified atom stereocenters. The molecule has 2 fully saturated rings. The fourth-order valence-corrected chi connectivity index (χ4v) is 2.32. The first-order valence-electron chi connectivity index (χ1n) is 4.97. The zero-order valence-corrected chi connectivity index (χ0v) is 8.40. The van der Waals surface area contributed by atoms with Crippen LogP contribution in [0.1, 0.15) is 12.0 Å². The largest absolute Gasteiger partial charge is 0.397 e. The fraction of sp³-hybridized carbons (Fsp3) is 0.273. The summed E-state index contributed by atoms with van der Waals surface area (Å²) < 4.78 is 4.60. The Morgan fingerprint density at radius 3 is 2.50 bits per heavy atom. The normalized spacial score (nSPS) is 31.1. The maximum Gasteiger partial charge on any atom is 0.325 e. The third kappa shape index (κ3) is 0.900. The molecule has 1 aromatic rings. The van der Waals surface area contributed by atoms with Gasteiger partial charge in [0.25, 0.3) is 0 Å². The van der Waals surface area contributed by atoms with E-state index in [0.29, 0.717) is 17.8 Å². The summed E-state index contributed by atoms with van der Waals surface area (Å²) in [6.45, 7) is 0. The molecule has 0 amide bonds. The number of benzene rings is 1. The molecular weight excluding hydrogens is 208 g/mol. The summed E-state index contributed by atoms with van der Waals surface area (Å²) >= 11 is 0. The lowest BCUT2D eigenvalue weighted by atomic mass is 9.94. The summed E-state index contributed by atoms with van der Waals surface area (Å²) in [6, 6.07) is 5.02. The van der Waals surface area contributed by atoms with Crippen LogP contribution in [0.5, 0.6) is 0 Å². The molecule has 5 nitrogen and oxygen atoms in total. The van der Waals surface area contributed by atoms with E-state index in [2.05, 4.69) is 4.74 Å². The Bertz CT molecular complexity index is 526. The minimum Gasteiger partial charge on any atom is -0.397 e. The van der Waals surface area contributed by atoms with Crippen LogP contribution in [0.2, 0.25) is 0 Å². The number of anilines is 2. The number of hydrogen-bond donors (Lipinski definition) is 2. The molecule has 82 valence electrons. The van der Waals surface area contributed by atoms with Crippen LogP contribution in [0.15, 0.2) is 18.2 Å². The predicted molar refractivity (Wildman–Crippen MR) is 56.2 cm³/mol.